The number of hydrogen-bond acceptors (Lipinski definition) is 4. The second kappa shape index (κ2) is 5.81. The average Bonchev–Trinajstić information content (AvgIpc) is 2.69. The molecule has 0 aromatic heterocycles. The van der Waals surface area contributed by atoms with Gasteiger partial charge in [0.25, 0.3) is 0 Å². The molecule has 2 unspecified atom stereocenters. The molecule has 1 heterocycles. The molecule has 1 aromatic rings. The maximum Gasteiger partial charge on any atom is 0.241 e. The van der Waals surface area contributed by atoms with Gasteiger partial charge in [-0.1, -0.05) is 18.2 Å². The van der Waals surface area contributed by atoms with Crippen LogP contribution in [0.5, 0.6) is 0 Å². The van der Waals surface area contributed by atoms with Gasteiger partial charge < -0.3 is 10.1 Å². The minimum atomic E-state index is -3.56. The molecule has 0 aliphatic carbocycles. The lowest BCUT2D eigenvalue weighted by Gasteiger charge is -2.28. The van der Waals surface area contributed by atoms with E-state index in [1.54, 1.807) is 19.2 Å². The van der Waals surface area contributed by atoms with Crippen molar-refractivity contribution in [1.82, 2.24) is 10.0 Å². The Morgan fingerprint density at radius 1 is 1.40 bits per heavy atom. The van der Waals surface area contributed by atoms with Crippen molar-refractivity contribution in [2.45, 2.75) is 43.4 Å². The van der Waals surface area contributed by atoms with Crippen LogP contribution in [0.2, 0.25) is 0 Å². The van der Waals surface area contributed by atoms with Crippen molar-refractivity contribution in [2.24, 2.45) is 0 Å². The van der Waals surface area contributed by atoms with Gasteiger partial charge in [-0.2, -0.15) is 0 Å². The molecule has 6 heteroatoms. The third-order valence-electron chi connectivity index (χ3n) is 3.88. The highest BCUT2D eigenvalue weighted by molar-refractivity contribution is 7.89. The highest BCUT2D eigenvalue weighted by Gasteiger charge is 2.40. The van der Waals surface area contributed by atoms with Crippen LogP contribution in [0.3, 0.4) is 0 Å². The molecule has 1 aromatic carbocycles. The highest BCUT2D eigenvalue weighted by Crippen LogP contribution is 2.28. The Hall–Kier alpha value is -0.950. The van der Waals surface area contributed by atoms with Gasteiger partial charge in [-0.3, -0.25) is 0 Å². The van der Waals surface area contributed by atoms with Crippen LogP contribution in [0.1, 0.15) is 25.8 Å². The fourth-order valence-electron chi connectivity index (χ4n) is 2.43. The first-order valence-corrected chi connectivity index (χ1v) is 8.25. The second-order valence-electron chi connectivity index (χ2n) is 5.42. The van der Waals surface area contributed by atoms with Gasteiger partial charge in [0.1, 0.15) is 0 Å². The predicted octanol–water partition coefficient (Wildman–Crippen LogP) is 1.25. The van der Waals surface area contributed by atoms with Crippen LogP contribution >= 0.6 is 0 Å². The van der Waals surface area contributed by atoms with Crippen LogP contribution in [-0.2, 0) is 21.3 Å². The zero-order valence-electron chi connectivity index (χ0n) is 12.1. The van der Waals surface area contributed by atoms with Gasteiger partial charge in [0, 0.05) is 13.2 Å². The lowest BCUT2D eigenvalue weighted by Crippen LogP contribution is -2.50. The molecular formula is C14H22N2O3S. The third kappa shape index (κ3) is 3.03. The number of sulfonamides is 1. The smallest absolute Gasteiger partial charge is 0.241 e. The number of rotatable bonds is 5. The van der Waals surface area contributed by atoms with E-state index in [0.717, 1.165) is 5.56 Å². The van der Waals surface area contributed by atoms with E-state index < -0.39 is 15.6 Å². The summed E-state index contributed by atoms with van der Waals surface area (Å²) in [5, 5.41) is 2.99. The summed E-state index contributed by atoms with van der Waals surface area (Å²) in [6.45, 7) is 4.89. The van der Waals surface area contributed by atoms with Crippen molar-refractivity contribution in [2.75, 3.05) is 13.7 Å². The molecule has 2 rings (SSSR count). The first kappa shape index (κ1) is 15.4. The van der Waals surface area contributed by atoms with Crippen LogP contribution in [0.4, 0.5) is 0 Å². The maximum atomic E-state index is 12.6. The molecule has 0 bridgehead atoms. The van der Waals surface area contributed by atoms with Gasteiger partial charge in [-0.15, -0.1) is 0 Å². The summed E-state index contributed by atoms with van der Waals surface area (Å²) in [6, 6.07) is 7.04. The summed E-state index contributed by atoms with van der Waals surface area (Å²) in [5.41, 5.74) is 0.212. The van der Waals surface area contributed by atoms with Gasteiger partial charge >= 0.3 is 0 Å². The van der Waals surface area contributed by atoms with E-state index in [1.165, 1.54) is 0 Å². The molecule has 0 saturated carbocycles. The largest absolute Gasteiger partial charge is 0.376 e. The molecule has 5 nitrogen and oxygen atoms in total. The number of benzene rings is 1. The molecule has 0 spiro atoms. The minimum absolute atomic E-state index is 0.131. The zero-order valence-corrected chi connectivity index (χ0v) is 13.0. The van der Waals surface area contributed by atoms with E-state index in [9.17, 15) is 8.42 Å². The average molecular weight is 298 g/mol. The van der Waals surface area contributed by atoms with E-state index in [0.29, 0.717) is 24.5 Å². The van der Waals surface area contributed by atoms with E-state index in [-0.39, 0.29) is 6.10 Å². The fourth-order valence-corrected chi connectivity index (χ4v) is 4.17. The van der Waals surface area contributed by atoms with Crippen LogP contribution in [0.25, 0.3) is 0 Å². The lowest BCUT2D eigenvalue weighted by molar-refractivity contribution is 0.0957. The topological polar surface area (TPSA) is 67.4 Å². The Morgan fingerprint density at radius 2 is 2.10 bits per heavy atom. The summed E-state index contributed by atoms with van der Waals surface area (Å²) in [4.78, 5) is 0.328. The van der Waals surface area contributed by atoms with Crippen LogP contribution in [0, 0.1) is 0 Å². The van der Waals surface area contributed by atoms with Gasteiger partial charge in [0.15, 0.2) is 0 Å². The van der Waals surface area contributed by atoms with Gasteiger partial charge in [0.2, 0.25) is 10.0 Å². The Bertz CT molecular complexity index is 574. The maximum absolute atomic E-state index is 12.6. The number of hydrogen-bond donors (Lipinski definition) is 2. The van der Waals surface area contributed by atoms with E-state index >= 15 is 0 Å². The molecule has 0 amide bonds. The Labute approximate surface area is 120 Å². The Morgan fingerprint density at radius 3 is 2.70 bits per heavy atom. The molecule has 112 valence electrons. The predicted molar refractivity (Wildman–Crippen MR) is 78.0 cm³/mol. The molecule has 1 aliphatic heterocycles. The van der Waals surface area contributed by atoms with Crippen molar-refractivity contribution in [1.29, 1.82) is 0 Å². The van der Waals surface area contributed by atoms with Crippen molar-refractivity contribution in [3.63, 3.8) is 0 Å². The quantitative estimate of drug-likeness (QED) is 0.858. The molecule has 1 aliphatic rings. The minimum Gasteiger partial charge on any atom is -0.376 e. The van der Waals surface area contributed by atoms with E-state index in [2.05, 4.69) is 10.0 Å². The first-order valence-electron chi connectivity index (χ1n) is 6.77. The van der Waals surface area contributed by atoms with Crippen molar-refractivity contribution >= 4 is 10.0 Å². The van der Waals surface area contributed by atoms with Gasteiger partial charge in [0.05, 0.1) is 16.5 Å². The molecule has 2 atom stereocenters. The normalized spacial score (nSPS) is 26.9. The SMILES string of the molecule is CNCc1ccccc1S(=O)(=O)NC1(C)CCOC1C. The highest BCUT2D eigenvalue weighted by atomic mass is 32.2. The van der Waals surface area contributed by atoms with Crippen molar-refractivity contribution < 1.29 is 13.2 Å². The summed E-state index contributed by atoms with van der Waals surface area (Å²) in [6.07, 6.45) is 0.551. The summed E-state index contributed by atoms with van der Waals surface area (Å²) < 4.78 is 33.6. The summed E-state index contributed by atoms with van der Waals surface area (Å²) in [5.74, 6) is 0. The van der Waals surface area contributed by atoms with Crippen molar-refractivity contribution in [3.05, 3.63) is 29.8 Å². The van der Waals surface area contributed by atoms with Crippen LogP contribution in [0.15, 0.2) is 29.2 Å². The van der Waals surface area contributed by atoms with Gasteiger partial charge in [-0.05, 0) is 38.9 Å². The summed E-state index contributed by atoms with van der Waals surface area (Å²) >= 11 is 0. The number of nitrogens with one attached hydrogen (secondary N) is 2. The van der Waals surface area contributed by atoms with E-state index in [1.807, 2.05) is 26.0 Å². The molecule has 2 N–H and O–H groups in total. The zero-order chi connectivity index (χ0) is 14.8. The van der Waals surface area contributed by atoms with Crippen LogP contribution < -0.4 is 10.0 Å². The Kier molecular flexibility index (Phi) is 4.49. The van der Waals surface area contributed by atoms with Gasteiger partial charge in [-0.25, -0.2) is 13.1 Å². The lowest BCUT2D eigenvalue weighted by atomic mass is 9.97. The first-order chi connectivity index (χ1) is 9.39. The molecule has 0 radical (unpaired) electrons. The third-order valence-corrected chi connectivity index (χ3v) is 5.60. The molecular weight excluding hydrogens is 276 g/mol. The monoisotopic (exact) mass is 298 g/mol. The summed E-state index contributed by atoms with van der Waals surface area (Å²) in [7, 11) is -1.76. The molecule has 1 saturated heterocycles. The standard InChI is InChI=1S/C14H22N2O3S/c1-11-14(2,8-9-19-11)16-20(17,18)13-7-5-4-6-12(13)10-15-3/h4-7,11,15-16H,8-10H2,1-3H3. The second-order valence-corrected chi connectivity index (χ2v) is 7.07. The number of ether oxygens (including phenoxy) is 1. The molecule has 1 fully saturated rings. The Balaban J connectivity index is 2.31. The fraction of sp³-hybridized carbons (Fsp3) is 0.571. The van der Waals surface area contributed by atoms with Crippen molar-refractivity contribution in [3.8, 4) is 0 Å². The molecule has 20 heavy (non-hydrogen) atoms. The van der Waals surface area contributed by atoms with E-state index in [4.69, 9.17) is 4.74 Å². The van der Waals surface area contributed by atoms with Crippen LogP contribution in [-0.4, -0.2) is 33.7 Å².